The maximum atomic E-state index is 12.2. The molecule has 4 heteroatoms. The van der Waals surface area contributed by atoms with Gasteiger partial charge in [0.15, 0.2) is 0 Å². The highest BCUT2D eigenvalue weighted by molar-refractivity contribution is 5.95. The van der Waals surface area contributed by atoms with E-state index in [2.05, 4.69) is 5.32 Å². The fraction of sp³-hybridized carbons (Fsp3) is 0.300. The highest BCUT2D eigenvalue weighted by Crippen LogP contribution is 2.08. The largest absolute Gasteiger partial charge is 0.350 e. The zero-order chi connectivity index (χ0) is 17.5. The molecule has 2 amide bonds. The van der Waals surface area contributed by atoms with E-state index in [0.29, 0.717) is 25.2 Å². The van der Waals surface area contributed by atoms with Crippen LogP contribution in [0.1, 0.15) is 34.0 Å². The van der Waals surface area contributed by atoms with E-state index in [4.69, 9.17) is 0 Å². The molecule has 126 valence electrons. The minimum Gasteiger partial charge on any atom is -0.350 e. The highest BCUT2D eigenvalue weighted by Gasteiger charge is 2.11. The van der Waals surface area contributed by atoms with E-state index in [0.717, 1.165) is 11.1 Å². The van der Waals surface area contributed by atoms with Crippen LogP contribution in [0.4, 0.5) is 0 Å². The molecule has 2 aromatic carbocycles. The second-order valence-electron chi connectivity index (χ2n) is 6.00. The van der Waals surface area contributed by atoms with Gasteiger partial charge in [-0.05, 0) is 31.0 Å². The van der Waals surface area contributed by atoms with Crippen molar-refractivity contribution in [1.82, 2.24) is 10.2 Å². The third kappa shape index (κ3) is 4.95. The number of carbonyl (C=O) groups is 2. The minimum absolute atomic E-state index is 0.000663. The molecule has 0 spiro atoms. The van der Waals surface area contributed by atoms with Crippen molar-refractivity contribution in [2.45, 2.75) is 27.3 Å². The third-order valence-electron chi connectivity index (χ3n) is 4.00. The van der Waals surface area contributed by atoms with Crippen LogP contribution in [-0.2, 0) is 11.3 Å². The minimum atomic E-state index is -0.105. The Morgan fingerprint density at radius 3 is 2.29 bits per heavy atom. The summed E-state index contributed by atoms with van der Waals surface area (Å²) in [4.78, 5) is 25.8. The van der Waals surface area contributed by atoms with Gasteiger partial charge in [-0.15, -0.1) is 0 Å². The first-order valence-corrected chi connectivity index (χ1v) is 8.12. The molecule has 0 bridgehead atoms. The lowest BCUT2D eigenvalue weighted by molar-refractivity contribution is -0.129. The molecule has 0 unspecified atom stereocenters. The van der Waals surface area contributed by atoms with Crippen LogP contribution >= 0.6 is 0 Å². The summed E-state index contributed by atoms with van der Waals surface area (Å²) in [6.45, 7) is 6.97. The fourth-order valence-electron chi connectivity index (χ4n) is 2.49. The molecule has 24 heavy (non-hydrogen) atoms. The van der Waals surface area contributed by atoms with Crippen LogP contribution in [0.2, 0.25) is 0 Å². The first-order valence-electron chi connectivity index (χ1n) is 8.12. The molecular formula is C20H24N2O2. The van der Waals surface area contributed by atoms with Crippen molar-refractivity contribution in [2.24, 2.45) is 0 Å². The van der Waals surface area contributed by atoms with Gasteiger partial charge in [0.1, 0.15) is 0 Å². The molecule has 0 heterocycles. The van der Waals surface area contributed by atoms with Crippen molar-refractivity contribution in [3.8, 4) is 0 Å². The number of nitrogens with one attached hydrogen (secondary N) is 1. The molecule has 0 fully saturated rings. The number of carbonyl (C=O) groups excluding carboxylic acids is 2. The fourth-order valence-corrected chi connectivity index (χ4v) is 2.49. The van der Waals surface area contributed by atoms with Gasteiger partial charge in [-0.2, -0.15) is 0 Å². The predicted octanol–water partition coefficient (Wildman–Crippen LogP) is 3.08. The molecule has 0 aliphatic heterocycles. The van der Waals surface area contributed by atoms with E-state index in [1.54, 1.807) is 17.9 Å². The molecule has 0 saturated carbocycles. The zero-order valence-corrected chi connectivity index (χ0v) is 14.5. The van der Waals surface area contributed by atoms with Crippen molar-refractivity contribution in [1.29, 1.82) is 0 Å². The van der Waals surface area contributed by atoms with Gasteiger partial charge >= 0.3 is 0 Å². The average molecular weight is 324 g/mol. The quantitative estimate of drug-likeness (QED) is 0.888. The summed E-state index contributed by atoms with van der Waals surface area (Å²) < 4.78 is 0. The van der Waals surface area contributed by atoms with Gasteiger partial charge in [-0.1, -0.05) is 48.0 Å². The standard InChI is InChI=1S/C20H24N2O2/c1-15-8-10-18(11-9-15)14-22(17(3)23)13-12-21-20(24)19-7-5-4-6-16(19)2/h4-11H,12-14H2,1-3H3,(H,21,24). The number of hydrogen-bond donors (Lipinski definition) is 1. The maximum Gasteiger partial charge on any atom is 0.251 e. The predicted molar refractivity (Wildman–Crippen MR) is 95.8 cm³/mol. The molecule has 0 saturated heterocycles. The normalized spacial score (nSPS) is 10.3. The topological polar surface area (TPSA) is 49.4 Å². The number of nitrogens with zero attached hydrogens (tertiary/aromatic N) is 1. The van der Waals surface area contributed by atoms with Gasteiger partial charge in [0.25, 0.3) is 5.91 Å². The van der Waals surface area contributed by atoms with Gasteiger partial charge in [-0.3, -0.25) is 9.59 Å². The number of amides is 2. The molecule has 0 aliphatic carbocycles. The molecule has 2 rings (SSSR count). The Bertz CT molecular complexity index is 708. The third-order valence-corrected chi connectivity index (χ3v) is 4.00. The summed E-state index contributed by atoms with van der Waals surface area (Å²) in [5.74, 6) is -0.104. The summed E-state index contributed by atoms with van der Waals surface area (Å²) in [6, 6.07) is 15.6. The lowest BCUT2D eigenvalue weighted by atomic mass is 10.1. The zero-order valence-electron chi connectivity index (χ0n) is 14.5. The van der Waals surface area contributed by atoms with Crippen LogP contribution < -0.4 is 5.32 Å². The summed E-state index contributed by atoms with van der Waals surface area (Å²) in [7, 11) is 0. The van der Waals surface area contributed by atoms with E-state index in [-0.39, 0.29) is 11.8 Å². The van der Waals surface area contributed by atoms with Crippen LogP contribution in [0, 0.1) is 13.8 Å². The Kier molecular flexibility index (Phi) is 6.13. The van der Waals surface area contributed by atoms with E-state index >= 15 is 0 Å². The SMILES string of the molecule is CC(=O)N(CCNC(=O)c1ccccc1C)Cc1ccc(C)cc1. The van der Waals surface area contributed by atoms with Crippen LogP contribution in [0.15, 0.2) is 48.5 Å². The average Bonchev–Trinajstić information content (AvgIpc) is 2.56. The number of aryl methyl sites for hydroxylation is 2. The van der Waals surface area contributed by atoms with Crippen LogP contribution in [0.5, 0.6) is 0 Å². The van der Waals surface area contributed by atoms with Gasteiger partial charge in [0.05, 0.1) is 0 Å². The molecular weight excluding hydrogens is 300 g/mol. The van der Waals surface area contributed by atoms with Crippen LogP contribution in [0.3, 0.4) is 0 Å². The van der Waals surface area contributed by atoms with Crippen molar-refractivity contribution >= 4 is 11.8 Å². The summed E-state index contributed by atoms with van der Waals surface area (Å²) >= 11 is 0. The van der Waals surface area contributed by atoms with Crippen molar-refractivity contribution in [3.63, 3.8) is 0 Å². The van der Waals surface area contributed by atoms with Gasteiger partial charge in [0, 0.05) is 32.1 Å². The monoisotopic (exact) mass is 324 g/mol. The summed E-state index contributed by atoms with van der Waals surface area (Å²) in [6.07, 6.45) is 0. The van der Waals surface area contributed by atoms with Gasteiger partial charge in [0.2, 0.25) is 5.91 Å². The maximum absolute atomic E-state index is 12.2. The summed E-state index contributed by atoms with van der Waals surface area (Å²) in [5.41, 5.74) is 3.89. The van der Waals surface area contributed by atoms with Crippen LogP contribution in [0.25, 0.3) is 0 Å². The first-order chi connectivity index (χ1) is 11.5. The summed E-state index contributed by atoms with van der Waals surface area (Å²) in [5, 5.41) is 2.89. The van der Waals surface area contributed by atoms with Crippen LogP contribution in [-0.4, -0.2) is 29.8 Å². The van der Waals surface area contributed by atoms with E-state index in [1.165, 1.54) is 5.56 Å². The van der Waals surface area contributed by atoms with Crippen molar-refractivity contribution in [2.75, 3.05) is 13.1 Å². The molecule has 1 N–H and O–H groups in total. The van der Waals surface area contributed by atoms with E-state index < -0.39 is 0 Å². The first kappa shape index (κ1) is 17.7. The molecule has 2 aromatic rings. The number of benzene rings is 2. The van der Waals surface area contributed by atoms with Crippen molar-refractivity contribution in [3.05, 3.63) is 70.8 Å². The number of rotatable bonds is 6. The Labute approximate surface area is 143 Å². The van der Waals surface area contributed by atoms with Gasteiger partial charge in [-0.25, -0.2) is 0 Å². The molecule has 0 aromatic heterocycles. The number of hydrogen-bond acceptors (Lipinski definition) is 2. The molecule has 0 radical (unpaired) electrons. The lowest BCUT2D eigenvalue weighted by Gasteiger charge is -2.21. The second-order valence-corrected chi connectivity index (χ2v) is 6.00. The molecule has 0 atom stereocenters. The highest BCUT2D eigenvalue weighted by atomic mass is 16.2. The van der Waals surface area contributed by atoms with E-state index in [9.17, 15) is 9.59 Å². The molecule has 4 nitrogen and oxygen atoms in total. The Hall–Kier alpha value is -2.62. The Morgan fingerprint density at radius 1 is 1.00 bits per heavy atom. The second kappa shape index (κ2) is 8.29. The smallest absolute Gasteiger partial charge is 0.251 e. The molecule has 0 aliphatic rings. The van der Waals surface area contributed by atoms with Crippen molar-refractivity contribution < 1.29 is 9.59 Å². The Balaban J connectivity index is 1.90. The Morgan fingerprint density at radius 2 is 1.67 bits per heavy atom. The van der Waals surface area contributed by atoms with Gasteiger partial charge < -0.3 is 10.2 Å². The van der Waals surface area contributed by atoms with E-state index in [1.807, 2.05) is 56.3 Å². The lowest BCUT2D eigenvalue weighted by Crippen LogP contribution is -2.37.